The molecule has 0 heterocycles. The SMILES string of the molecule is CNCc1cccc(OCCN(C)c2ccccc2)c1. The van der Waals surface area contributed by atoms with Gasteiger partial charge in [0.25, 0.3) is 0 Å². The van der Waals surface area contributed by atoms with Crippen LogP contribution in [0.1, 0.15) is 5.56 Å². The second-order valence-corrected chi connectivity index (χ2v) is 4.78. The molecule has 0 fully saturated rings. The van der Waals surface area contributed by atoms with Gasteiger partial charge in [0, 0.05) is 19.3 Å². The van der Waals surface area contributed by atoms with Crippen molar-refractivity contribution >= 4 is 5.69 Å². The molecule has 0 aliphatic carbocycles. The Kier molecular flexibility index (Phi) is 5.44. The van der Waals surface area contributed by atoms with E-state index in [1.54, 1.807) is 0 Å². The molecule has 0 aliphatic rings. The minimum absolute atomic E-state index is 0.675. The maximum Gasteiger partial charge on any atom is 0.119 e. The highest BCUT2D eigenvalue weighted by Crippen LogP contribution is 2.14. The molecule has 0 bridgehead atoms. The quantitative estimate of drug-likeness (QED) is 0.837. The van der Waals surface area contributed by atoms with E-state index in [0.717, 1.165) is 18.8 Å². The Balaban J connectivity index is 1.82. The first-order valence-corrected chi connectivity index (χ1v) is 6.92. The third kappa shape index (κ3) is 4.28. The molecule has 3 heteroatoms. The zero-order valence-electron chi connectivity index (χ0n) is 12.2. The van der Waals surface area contributed by atoms with Gasteiger partial charge < -0.3 is 15.0 Å². The van der Waals surface area contributed by atoms with Gasteiger partial charge in [-0.1, -0.05) is 30.3 Å². The second-order valence-electron chi connectivity index (χ2n) is 4.78. The van der Waals surface area contributed by atoms with Gasteiger partial charge in [-0.2, -0.15) is 0 Å². The number of ether oxygens (including phenoxy) is 1. The number of para-hydroxylation sites is 1. The highest BCUT2D eigenvalue weighted by atomic mass is 16.5. The summed E-state index contributed by atoms with van der Waals surface area (Å²) in [4.78, 5) is 2.19. The number of nitrogens with zero attached hydrogens (tertiary/aromatic N) is 1. The van der Waals surface area contributed by atoms with Crippen LogP contribution in [0.5, 0.6) is 5.75 Å². The van der Waals surface area contributed by atoms with Gasteiger partial charge in [0.05, 0.1) is 6.54 Å². The minimum Gasteiger partial charge on any atom is -0.492 e. The predicted octanol–water partition coefficient (Wildman–Crippen LogP) is 2.92. The fourth-order valence-corrected chi connectivity index (χ4v) is 2.06. The molecule has 2 aromatic rings. The number of hydrogen-bond donors (Lipinski definition) is 1. The molecule has 2 aromatic carbocycles. The van der Waals surface area contributed by atoms with E-state index in [1.807, 2.05) is 37.4 Å². The van der Waals surface area contributed by atoms with Gasteiger partial charge in [0.15, 0.2) is 0 Å². The van der Waals surface area contributed by atoms with E-state index < -0.39 is 0 Å². The third-order valence-corrected chi connectivity index (χ3v) is 3.17. The zero-order chi connectivity index (χ0) is 14.2. The summed E-state index contributed by atoms with van der Waals surface area (Å²) in [5, 5.41) is 3.14. The minimum atomic E-state index is 0.675. The summed E-state index contributed by atoms with van der Waals surface area (Å²) in [6, 6.07) is 18.5. The zero-order valence-corrected chi connectivity index (χ0v) is 12.2. The topological polar surface area (TPSA) is 24.5 Å². The summed E-state index contributed by atoms with van der Waals surface area (Å²) in [5.41, 5.74) is 2.45. The Bertz CT molecular complexity index is 513. The molecule has 0 spiro atoms. The highest BCUT2D eigenvalue weighted by Gasteiger charge is 2.01. The Labute approximate surface area is 121 Å². The molecule has 20 heavy (non-hydrogen) atoms. The van der Waals surface area contributed by atoms with Crippen molar-refractivity contribution in [3.63, 3.8) is 0 Å². The standard InChI is InChI=1S/C17H22N2O/c1-18-14-15-7-6-10-17(13-15)20-12-11-19(2)16-8-4-3-5-9-16/h3-10,13,18H,11-12,14H2,1-2H3. The fraction of sp³-hybridized carbons (Fsp3) is 0.294. The lowest BCUT2D eigenvalue weighted by molar-refractivity contribution is 0.325. The van der Waals surface area contributed by atoms with Crippen molar-refractivity contribution in [1.29, 1.82) is 0 Å². The highest BCUT2D eigenvalue weighted by molar-refractivity contribution is 5.44. The van der Waals surface area contributed by atoms with E-state index in [2.05, 4.69) is 41.5 Å². The van der Waals surface area contributed by atoms with Crippen molar-refractivity contribution in [2.24, 2.45) is 0 Å². The number of anilines is 1. The van der Waals surface area contributed by atoms with Crippen molar-refractivity contribution in [2.45, 2.75) is 6.54 Å². The molecule has 2 rings (SSSR count). The Morgan fingerprint density at radius 2 is 1.85 bits per heavy atom. The first kappa shape index (κ1) is 14.4. The summed E-state index contributed by atoms with van der Waals surface area (Å²) < 4.78 is 5.82. The van der Waals surface area contributed by atoms with Gasteiger partial charge in [0.2, 0.25) is 0 Å². The molecule has 106 valence electrons. The van der Waals surface area contributed by atoms with E-state index in [9.17, 15) is 0 Å². The average molecular weight is 270 g/mol. The van der Waals surface area contributed by atoms with Crippen LogP contribution in [0.2, 0.25) is 0 Å². The molecule has 1 N–H and O–H groups in total. The first-order chi connectivity index (χ1) is 9.79. The van der Waals surface area contributed by atoms with Crippen LogP contribution in [0.3, 0.4) is 0 Å². The number of benzene rings is 2. The van der Waals surface area contributed by atoms with Crippen LogP contribution in [0.4, 0.5) is 5.69 Å². The van der Waals surface area contributed by atoms with Crippen LogP contribution in [-0.4, -0.2) is 27.2 Å². The molecule has 0 saturated heterocycles. The van der Waals surface area contributed by atoms with Crippen molar-refractivity contribution in [2.75, 3.05) is 32.1 Å². The molecular formula is C17H22N2O. The van der Waals surface area contributed by atoms with E-state index in [0.29, 0.717) is 6.61 Å². The van der Waals surface area contributed by atoms with Crippen LogP contribution in [0.25, 0.3) is 0 Å². The average Bonchev–Trinajstić information content (AvgIpc) is 2.49. The Morgan fingerprint density at radius 1 is 1.05 bits per heavy atom. The van der Waals surface area contributed by atoms with Crippen LogP contribution in [0, 0.1) is 0 Å². The summed E-state index contributed by atoms with van der Waals surface area (Å²) >= 11 is 0. The number of nitrogens with one attached hydrogen (secondary N) is 1. The largest absolute Gasteiger partial charge is 0.492 e. The molecule has 0 saturated carbocycles. The van der Waals surface area contributed by atoms with E-state index in [4.69, 9.17) is 4.74 Å². The Hall–Kier alpha value is -2.00. The molecule has 0 radical (unpaired) electrons. The molecule has 0 unspecified atom stereocenters. The smallest absolute Gasteiger partial charge is 0.119 e. The first-order valence-electron chi connectivity index (χ1n) is 6.92. The molecular weight excluding hydrogens is 248 g/mol. The Morgan fingerprint density at radius 3 is 2.60 bits per heavy atom. The maximum absolute atomic E-state index is 5.82. The fourth-order valence-electron chi connectivity index (χ4n) is 2.06. The second kappa shape index (κ2) is 7.56. The lowest BCUT2D eigenvalue weighted by atomic mass is 10.2. The third-order valence-electron chi connectivity index (χ3n) is 3.17. The van der Waals surface area contributed by atoms with Crippen LogP contribution in [0.15, 0.2) is 54.6 Å². The van der Waals surface area contributed by atoms with E-state index in [-0.39, 0.29) is 0 Å². The van der Waals surface area contributed by atoms with Crippen molar-refractivity contribution in [3.8, 4) is 5.75 Å². The lowest BCUT2D eigenvalue weighted by Gasteiger charge is -2.19. The summed E-state index contributed by atoms with van der Waals surface area (Å²) in [5.74, 6) is 0.930. The molecule has 0 aliphatic heterocycles. The molecule has 0 amide bonds. The van der Waals surface area contributed by atoms with Crippen LogP contribution >= 0.6 is 0 Å². The van der Waals surface area contributed by atoms with Gasteiger partial charge in [-0.25, -0.2) is 0 Å². The number of rotatable bonds is 7. The van der Waals surface area contributed by atoms with Crippen LogP contribution < -0.4 is 15.0 Å². The molecule has 0 atom stereocenters. The number of likely N-dealkylation sites (N-methyl/N-ethyl adjacent to an activating group) is 1. The monoisotopic (exact) mass is 270 g/mol. The van der Waals surface area contributed by atoms with Crippen molar-refractivity contribution in [3.05, 3.63) is 60.2 Å². The van der Waals surface area contributed by atoms with E-state index in [1.165, 1.54) is 11.3 Å². The van der Waals surface area contributed by atoms with Gasteiger partial charge >= 0.3 is 0 Å². The van der Waals surface area contributed by atoms with Crippen LogP contribution in [-0.2, 0) is 6.54 Å². The summed E-state index contributed by atoms with van der Waals surface area (Å²) in [7, 11) is 4.03. The normalized spacial score (nSPS) is 10.3. The molecule has 0 aromatic heterocycles. The lowest BCUT2D eigenvalue weighted by Crippen LogP contribution is -2.23. The van der Waals surface area contributed by atoms with E-state index >= 15 is 0 Å². The number of hydrogen-bond acceptors (Lipinski definition) is 3. The van der Waals surface area contributed by atoms with Gasteiger partial charge in [-0.3, -0.25) is 0 Å². The van der Waals surface area contributed by atoms with Crippen molar-refractivity contribution < 1.29 is 4.74 Å². The van der Waals surface area contributed by atoms with Gasteiger partial charge in [-0.15, -0.1) is 0 Å². The summed E-state index contributed by atoms with van der Waals surface area (Å²) in [6.45, 7) is 2.40. The molecule has 3 nitrogen and oxygen atoms in total. The van der Waals surface area contributed by atoms with Gasteiger partial charge in [0.1, 0.15) is 12.4 Å². The summed E-state index contributed by atoms with van der Waals surface area (Å²) in [6.07, 6.45) is 0. The maximum atomic E-state index is 5.82. The van der Waals surface area contributed by atoms with Crippen molar-refractivity contribution in [1.82, 2.24) is 5.32 Å². The van der Waals surface area contributed by atoms with Gasteiger partial charge in [-0.05, 0) is 36.9 Å². The predicted molar refractivity (Wildman–Crippen MR) is 84.4 cm³/mol.